The van der Waals surface area contributed by atoms with Crippen molar-refractivity contribution in [2.24, 2.45) is 0 Å². The molecule has 0 aromatic heterocycles. The Labute approximate surface area is 339 Å². The van der Waals surface area contributed by atoms with Gasteiger partial charge in [-0.15, -0.1) is 0 Å². The predicted octanol–water partition coefficient (Wildman–Crippen LogP) is 15.2. The van der Waals surface area contributed by atoms with E-state index in [4.69, 9.17) is 0 Å². The first kappa shape index (κ1) is 33.8. The van der Waals surface area contributed by atoms with Crippen molar-refractivity contribution >= 4 is 38.6 Å². The van der Waals surface area contributed by atoms with Crippen molar-refractivity contribution in [1.29, 1.82) is 0 Å². The zero-order chi connectivity index (χ0) is 38.5. The Morgan fingerprint density at radius 2 is 0.862 bits per heavy atom. The maximum absolute atomic E-state index is 2.50. The topological polar surface area (TPSA) is 3.24 Å². The molecule has 0 fully saturated rings. The van der Waals surface area contributed by atoms with Crippen molar-refractivity contribution in [2.45, 2.75) is 5.41 Å². The molecule has 0 N–H and O–H groups in total. The van der Waals surface area contributed by atoms with Gasteiger partial charge in [0.05, 0.1) is 11.1 Å². The van der Waals surface area contributed by atoms with Gasteiger partial charge in [0.15, 0.2) is 0 Å². The lowest BCUT2D eigenvalue weighted by atomic mass is 9.66. The normalized spacial score (nSPS) is 12.6. The molecule has 0 unspecified atom stereocenters. The number of benzene rings is 10. The Hall–Kier alpha value is -7.48. The van der Waals surface area contributed by atoms with Crippen LogP contribution in [0, 0.1) is 0 Å². The third-order valence-corrected chi connectivity index (χ3v) is 12.1. The van der Waals surface area contributed by atoms with Crippen LogP contribution in [0.4, 0.5) is 17.1 Å². The standard InChI is InChI=1S/C57H39N/c1-5-18-40(19-6-1)42-32-35-47(36-33-42)58(48-37-34-41-20-13-14-23-44(41)38-48)54-39-52-55-49(43-21-7-2-8-22-43)30-17-31-53(55)57(45-24-9-3-10-25-45,46-26-11-4-12-27-46)56(52)51-29-16-15-28-50(51)54/h1-39H. The van der Waals surface area contributed by atoms with Crippen LogP contribution in [0.3, 0.4) is 0 Å². The van der Waals surface area contributed by atoms with Gasteiger partial charge in [0.1, 0.15) is 0 Å². The molecular formula is C57H39N. The van der Waals surface area contributed by atoms with Crippen LogP contribution in [-0.2, 0) is 5.41 Å². The van der Waals surface area contributed by atoms with Gasteiger partial charge in [-0.25, -0.2) is 0 Å². The SMILES string of the molecule is c1ccc(-c2ccc(N(c3ccc4ccccc4c3)c3cc4c(c5ccccc35)C(c3ccccc3)(c3ccccc3)c3cccc(-c5ccccc5)c3-4)cc2)cc1. The quantitative estimate of drug-likeness (QED) is 0.157. The second-order valence-corrected chi connectivity index (χ2v) is 15.2. The minimum absolute atomic E-state index is 0.568. The molecule has 1 heteroatoms. The van der Waals surface area contributed by atoms with Crippen molar-refractivity contribution in [3.8, 4) is 33.4 Å². The molecule has 1 nitrogen and oxygen atoms in total. The molecule has 0 aliphatic heterocycles. The zero-order valence-electron chi connectivity index (χ0n) is 32.0. The Morgan fingerprint density at radius 1 is 0.328 bits per heavy atom. The lowest BCUT2D eigenvalue weighted by molar-refractivity contribution is 0.775. The number of fused-ring (bicyclic) bond motifs is 6. The summed E-state index contributed by atoms with van der Waals surface area (Å²) in [6, 6.07) is 86.9. The molecule has 0 saturated heterocycles. The van der Waals surface area contributed by atoms with E-state index >= 15 is 0 Å². The van der Waals surface area contributed by atoms with Crippen LogP contribution >= 0.6 is 0 Å². The fraction of sp³-hybridized carbons (Fsp3) is 0.0175. The van der Waals surface area contributed by atoms with E-state index in [1.54, 1.807) is 0 Å². The number of hydrogen-bond acceptors (Lipinski definition) is 1. The summed E-state index contributed by atoms with van der Waals surface area (Å²) in [6.07, 6.45) is 0. The van der Waals surface area contributed by atoms with Gasteiger partial charge in [0.2, 0.25) is 0 Å². The molecule has 10 aromatic rings. The Kier molecular flexibility index (Phi) is 8.12. The lowest BCUT2D eigenvalue weighted by Gasteiger charge is -2.35. The molecule has 10 aromatic carbocycles. The van der Waals surface area contributed by atoms with Crippen LogP contribution in [0.2, 0.25) is 0 Å². The number of anilines is 3. The van der Waals surface area contributed by atoms with Gasteiger partial charge < -0.3 is 4.90 Å². The number of nitrogens with zero attached hydrogens (tertiary/aromatic N) is 1. The highest BCUT2D eigenvalue weighted by Crippen LogP contribution is 2.61. The summed E-state index contributed by atoms with van der Waals surface area (Å²) >= 11 is 0. The largest absolute Gasteiger partial charge is 0.310 e. The Balaban J connectivity index is 1.27. The molecule has 1 aliphatic rings. The van der Waals surface area contributed by atoms with Gasteiger partial charge >= 0.3 is 0 Å². The van der Waals surface area contributed by atoms with E-state index in [-0.39, 0.29) is 0 Å². The summed E-state index contributed by atoms with van der Waals surface area (Å²) in [6.45, 7) is 0. The fourth-order valence-electron chi connectivity index (χ4n) is 9.61. The summed E-state index contributed by atoms with van der Waals surface area (Å²) in [5.74, 6) is 0. The number of hydrogen-bond donors (Lipinski definition) is 0. The van der Waals surface area contributed by atoms with E-state index in [0.717, 1.165) is 17.1 Å². The molecule has 0 bridgehead atoms. The number of rotatable bonds is 7. The van der Waals surface area contributed by atoms with E-state index in [0.29, 0.717) is 0 Å². The maximum atomic E-state index is 2.50. The molecule has 0 amide bonds. The predicted molar refractivity (Wildman–Crippen MR) is 244 cm³/mol. The van der Waals surface area contributed by atoms with Crippen LogP contribution in [0.1, 0.15) is 22.3 Å². The van der Waals surface area contributed by atoms with E-state index < -0.39 is 5.41 Å². The van der Waals surface area contributed by atoms with Gasteiger partial charge in [-0.1, -0.05) is 206 Å². The third kappa shape index (κ3) is 5.32. The van der Waals surface area contributed by atoms with Crippen molar-refractivity contribution in [3.63, 3.8) is 0 Å². The van der Waals surface area contributed by atoms with Crippen LogP contribution in [0.15, 0.2) is 237 Å². The molecule has 0 spiro atoms. The minimum atomic E-state index is -0.568. The molecule has 58 heavy (non-hydrogen) atoms. The van der Waals surface area contributed by atoms with Crippen molar-refractivity contribution in [1.82, 2.24) is 0 Å². The minimum Gasteiger partial charge on any atom is -0.310 e. The van der Waals surface area contributed by atoms with Crippen molar-refractivity contribution in [3.05, 3.63) is 259 Å². The lowest BCUT2D eigenvalue weighted by Crippen LogP contribution is -2.29. The van der Waals surface area contributed by atoms with Crippen LogP contribution in [0.5, 0.6) is 0 Å². The third-order valence-electron chi connectivity index (χ3n) is 12.1. The highest BCUT2D eigenvalue weighted by molar-refractivity contribution is 6.10. The van der Waals surface area contributed by atoms with Gasteiger partial charge in [-0.05, 0) is 102 Å². The Morgan fingerprint density at radius 3 is 1.53 bits per heavy atom. The molecule has 0 radical (unpaired) electrons. The first-order chi connectivity index (χ1) is 28.8. The molecule has 11 rings (SSSR count). The van der Waals surface area contributed by atoms with Gasteiger partial charge in [-0.3, -0.25) is 0 Å². The summed E-state index contributed by atoms with van der Waals surface area (Å²) in [4.78, 5) is 2.47. The fourth-order valence-corrected chi connectivity index (χ4v) is 9.61. The zero-order valence-corrected chi connectivity index (χ0v) is 32.0. The Bertz CT molecular complexity index is 3040. The molecular weight excluding hydrogens is 699 g/mol. The van der Waals surface area contributed by atoms with E-state index in [9.17, 15) is 0 Å². The monoisotopic (exact) mass is 737 g/mol. The van der Waals surface area contributed by atoms with Crippen LogP contribution in [-0.4, -0.2) is 0 Å². The summed E-state index contributed by atoms with van der Waals surface area (Å²) in [5, 5.41) is 4.87. The second kappa shape index (κ2) is 13.9. The molecule has 272 valence electrons. The van der Waals surface area contributed by atoms with Crippen LogP contribution < -0.4 is 4.90 Å². The molecule has 1 aliphatic carbocycles. The van der Waals surface area contributed by atoms with E-state index in [1.165, 1.54) is 77.2 Å². The average Bonchev–Trinajstić information content (AvgIpc) is 3.62. The molecule has 0 saturated carbocycles. The van der Waals surface area contributed by atoms with E-state index in [2.05, 4.69) is 241 Å². The summed E-state index contributed by atoms with van der Waals surface area (Å²) in [7, 11) is 0. The van der Waals surface area contributed by atoms with Gasteiger partial charge in [-0.2, -0.15) is 0 Å². The van der Waals surface area contributed by atoms with Crippen molar-refractivity contribution in [2.75, 3.05) is 4.90 Å². The molecule has 0 heterocycles. The highest BCUT2D eigenvalue weighted by Gasteiger charge is 2.48. The molecule has 0 atom stereocenters. The average molecular weight is 738 g/mol. The smallest absolute Gasteiger partial charge is 0.0719 e. The van der Waals surface area contributed by atoms with Gasteiger partial charge in [0, 0.05) is 16.8 Å². The van der Waals surface area contributed by atoms with Crippen molar-refractivity contribution < 1.29 is 0 Å². The van der Waals surface area contributed by atoms with Gasteiger partial charge in [0.25, 0.3) is 0 Å². The second-order valence-electron chi connectivity index (χ2n) is 15.2. The maximum Gasteiger partial charge on any atom is 0.0719 e. The first-order valence-electron chi connectivity index (χ1n) is 20.1. The van der Waals surface area contributed by atoms with Crippen LogP contribution in [0.25, 0.3) is 54.9 Å². The summed E-state index contributed by atoms with van der Waals surface area (Å²) < 4.78 is 0. The highest BCUT2D eigenvalue weighted by atomic mass is 15.1. The van der Waals surface area contributed by atoms with E-state index in [1.807, 2.05) is 0 Å². The first-order valence-corrected chi connectivity index (χ1v) is 20.1. The summed E-state index contributed by atoms with van der Waals surface area (Å²) in [5.41, 5.74) is 15.3.